The molecule has 1 unspecified atom stereocenters. The molecule has 1 atom stereocenters. The van der Waals surface area contributed by atoms with Gasteiger partial charge in [0, 0.05) is 6.54 Å². The molecule has 7 nitrogen and oxygen atoms in total. The molecule has 3 rings (SSSR count). The number of benzene rings is 1. The number of hydrogen-bond donors (Lipinski definition) is 2. The highest BCUT2D eigenvalue weighted by atomic mass is 32.2. The Labute approximate surface area is 173 Å². The lowest BCUT2D eigenvalue weighted by Gasteiger charge is -2.31. The van der Waals surface area contributed by atoms with Crippen LogP contribution in [0, 0.1) is 0 Å². The van der Waals surface area contributed by atoms with Gasteiger partial charge in [0.1, 0.15) is 6.04 Å². The predicted molar refractivity (Wildman–Crippen MR) is 106 cm³/mol. The molecule has 0 saturated heterocycles. The lowest BCUT2D eigenvalue weighted by atomic mass is 10.1. The molecule has 0 aliphatic carbocycles. The maximum Gasteiger partial charge on any atom is 0.409 e. The second-order valence-corrected chi connectivity index (χ2v) is 8.38. The molecule has 1 aromatic heterocycles. The molecule has 2 amide bonds. The highest BCUT2D eigenvalue weighted by Gasteiger charge is 2.48. The first kappa shape index (κ1) is 21.4. The topological polar surface area (TPSA) is 87.2 Å². The number of nitrogens with one attached hydrogen (secondary N) is 2. The maximum atomic E-state index is 13.7. The van der Waals surface area contributed by atoms with E-state index in [9.17, 15) is 22.8 Å². The summed E-state index contributed by atoms with van der Waals surface area (Å²) in [5.74, 6) is -1.82. The van der Waals surface area contributed by atoms with Crippen LogP contribution in [0.3, 0.4) is 0 Å². The number of alkyl halides is 3. The first-order valence-corrected chi connectivity index (χ1v) is 10.6. The van der Waals surface area contributed by atoms with Crippen molar-refractivity contribution in [3.05, 3.63) is 24.3 Å². The number of fused-ring (bicyclic) bond motifs is 1. The van der Waals surface area contributed by atoms with Gasteiger partial charge in [-0.2, -0.15) is 13.2 Å². The number of thioether (sulfide) groups is 1. The Bertz CT molecular complexity index is 890. The van der Waals surface area contributed by atoms with E-state index in [0.29, 0.717) is 14.4 Å². The highest BCUT2D eigenvalue weighted by molar-refractivity contribution is 8.01. The first-order valence-electron chi connectivity index (χ1n) is 8.77. The zero-order valence-electron chi connectivity index (χ0n) is 15.3. The molecule has 0 saturated carbocycles. The van der Waals surface area contributed by atoms with Crippen LogP contribution in [0.2, 0.25) is 0 Å². The Morgan fingerprint density at radius 3 is 2.86 bits per heavy atom. The van der Waals surface area contributed by atoms with Crippen molar-refractivity contribution in [2.45, 2.75) is 36.3 Å². The largest absolute Gasteiger partial charge is 0.409 e. The monoisotopic (exact) mass is 445 g/mol. The van der Waals surface area contributed by atoms with E-state index in [-0.39, 0.29) is 17.1 Å². The summed E-state index contributed by atoms with van der Waals surface area (Å²) >= 11 is 2.24. The van der Waals surface area contributed by atoms with Crippen molar-refractivity contribution < 1.29 is 22.8 Å². The van der Waals surface area contributed by atoms with E-state index in [4.69, 9.17) is 0 Å². The fraction of sp³-hybridized carbons (Fsp3) is 0.412. The second-order valence-electron chi connectivity index (χ2n) is 6.18. The molecular weight excluding hydrogens is 427 g/mol. The number of amides is 2. The summed E-state index contributed by atoms with van der Waals surface area (Å²) in [7, 11) is 0. The Hall–Kier alpha value is -2.34. The van der Waals surface area contributed by atoms with E-state index in [1.807, 2.05) is 6.92 Å². The Kier molecular flexibility index (Phi) is 6.63. The molecule has 1 aliphatic heterocycles. The van der Waals surface area contributed by atoms with E-state index >= 15 is 0 Å². The first-order chi connectivity index (χ1) is 13.8. The number of hydrogen-bond acceptors (Lipinski definition) is 7. The van der Waals surface area contributed by atoms with Gasteiger partial charge in [-0.05, 0) is 18.6 Å². The van der Waals surface area contributed by atoms with Gasteiger partial charge in [0.25, 0.3) is 0 Å². The molecule has 0 radical (unpaired) electrons. The number of rotatable bonds is 6. The zero-order chi connectivity index (χ0) is 21.0. The summed E-state index contributed by atoms with van der Waals surface area (Å²) in [5, 5.41) is 14.0. The molecule has 1 aromatic carbocycles. The van der Waals surface area contributed by atoms with E-state index < -0.39 is 30.5 Å². The third-order valence-electron chi connectivity index (χ3n) is 4.03. The van der Waals surface area contributed by atoms with Gasteiger partial charge in [0.05, 0.1) is 23.5 Å². The number of carbonyl (C=O) groups is 2. The highest BCUT2D eigenvalue weighted by Crippen LogP contribution is 2.38. The van der Waals surface area contributed by atoms with Crippen LogP contribution in [-0.2, 0) is 9.59 Å². The van der Waals surface area contributed by atoms with E-state index in [0.717, 1.165) is 24.7 Å². The molecular formula is C17H18F3N5O2S2. The fourth-order valence-electron chi connectivity index (χ4n) is 2.76. The van der Waals surface area contributed by atoms with Crippen molar-refractivity contribution in [2.75, 3.05) is 27.8 Å². The number of aromatic nitrogens is 2. The van der Waals surface area contributed by atoms with Crippen LogP contribution in [0.15, 0.2) is 28.6 Å². The van der Waals surface area contributed by atoms with Crippen molar-refractivity contribution in [1.29, 1.82) is 0 Å². The summed E-state index contributed by atoms with van der Waals surface area (Å²) in [6, 6.07) is 3.72. The quantitative estimate of drug-likeness (QED) is 0.659. The summed E-state index contributed by atoms with van der Waals surface area (Å²) in [4.78, 5) is 25.5. The molecule has 0 bridgehead atoms. The van der Waals surface area contributed by atoms with Crippen LogP contribution < -0.4 is 15.5 Å². The van der Waals surface area contributed by atoms with Crippen molar-refractivity contribution in [3.8, 4) is 0 Å². The molecule has 29 heavy (non-hydrogen) atoms. The Balaban J connectivity index is 1.81. The minimum atomic E-state index is -4.75. The Morgan fingerprint density at radius 2 is 2.14 bits per heavy atom. The molecule has 0 spiro atoms. The van der Waals surface area contributed by atoms with E-state index in [1.165, 1.54) is 29.5 Å². The van der Waals surface area contributed by atoms with Crippen LogP contribution in [-0.4, -0.2) is 46.5 Å². The molecule has 2 aromatic rings. The number of anilines is 3. The average molecular weight is 445 g/mol. The third kappa shape index (κ3) is 5.18. The van der Waals surface area contributed by atoms with Gasteiger partial charge in [-0.1, -0.05) is 42.2 Å². The molecule has 2 heterocycles. The summed E-state index contributed by atoms with van der Waals surface area (Å²) in [5.41, 5.74) is 0.193. The van der Waals surface area contributed by atoms with Gasteiger partial charge in [-0.25, -0.2) is 0 Å². The van der Waals surface area contributed by atoms with Crippen LogP contribution >= 0.6 is 23.1 Å². The number of nitrogens with zero attached hydrogens (tertiary/aromatic N) is 3. The summed E-state index contributed by atoms with van der Waals surface area (Å²) in [6.07, 6.45) is -4.71. The fourth-order valence-corrected chi connectivity index (χ4v) is 4.40. The number of carbonyl (C=O) groups excluding carboxylic acids is 2. The van der Waals surface area contributed by atoms with Crippen molar-refractivity contribution >= 4 is 51.4 Å². The van der Waals surface area contributed by atoms with Gasteiger partial charge in [0.2, 0.25) is 16.9 Å². The number of para-hydroxylation sites is 2. The molecule has 156 valence electrons. The maximum absolute atomic E-state index is 13.7. The van der Waals surface area contributed by atoms with Crippen molar-refractivity contribution in [1.82, 2.24) is 10.2 Å². The minimum absolute atomic E-state index is 0.0221. The number of halogens is 3. The van der Waals surface area contributed by atoms with Crippen LogP contribution in [0.5, 0.6) is 0 Å². The standard InChI is InChI=1S/C17H18F3N5O2S2/c1-2-7-21-15-23-24-16(29-15)28-9-14(27)25-11-6-4-3-5-10(11)22-13(26)8-12(25)17(18,19)20/h3-6,12H,2,7-9H2,1H3,(H,21,23)(H,22,26). The lowest BCUT2D eigenvalue weighted by molar-refractivity contribution is -0.157. The van der Waals surface area contributed by atoms with Gasteiger partial charge in [0.15, 0.2) is 4.34 Å². The van der Waals surface area contributed by atoms with Gasteiger partial charge < -0.3 is 10.6 Å². The van der Waals surface area contributed by atoms with Gasteiger partial charge in [-0.15, -0.1) is 10.2 Å². The second kappa shape index (κ2) is 8.99. The molecule has 0 fully saturated rings. The van der Waals surface area contributed by atoms with Crippen molar-refractivity contribution in [2.24, 2.45) is 0 Å². The molecule has 12 heteroatoms. The Morgan fingerprint density at radius 1 is 1.38 bits per heavy atom. The van der Waals surface area contributed by atoms with Crippen LogP contribution in [0.1, 0.15) is 19.8 Å². The summed E-state index contributed by atoms with van der Waals surface area (Å²) in [6.45, 7) is 2.72. The molecule has 2 N–H and O–H groups in total. The molecule has 1 aliphatic rings. The SMILES string of the molecule is CCCNc1nnc(SCC(=O)N2c3ccccc3NC(=O)CC2C(F)(F)F)s1. The van der Waals surface area contributed by atoms with Gasteiger partial charge in [-0.3, -0.25) is 14.5 Å². The van der Waals surface area contributed by atoms with E-state index in [1.54, 1.807) is 6.07 Å². The third-order valence-corrected chi connectivity index (χ3v) is 6.03. The van der Waals surface area contributed by atoms with Gasteiger partial charge >= 0.3 is 6.18 Å². The smallest absolute Gasteiger partial charge is 0.360 e. The van der Waals surface area contributed by atoms with Crippen LogP contribution in [0.4, 0.5) is 29.7 Å². The summed E-state index contributed by atoms with van der Waals surface area (Å²) < 4.78 is 41.5. The zero-order valence-corrected chi connectivity index (χ0v) is 17.0. The normalized spacial score (nSPS) is 16.8. The lowest BCUT2D eigenvalue weighted by Crippen LogP contribution is -2.50. The minimum Gasteiger partial charge on any atom is -0.360 e. The predicted octanol–water partition coefficient (Wildman–Crippen LogP) is 3.76. The average Bonchev–Trinajstić information content (AvgIpc) is 3.05. The van der Waals surface area contributed by atoms with Crippen LogP contribution in [0.25, 0.3) is 0 Å². The van der Waals surface area contributed by atoms with E-state index in [2.05, 4.69) is 20.8 Å². The van der Waals surface area contributed by atoms with Crippen molar-refractivity contribution in [3.63, 3.8) is 0 Å².